The molecule has 0 unspecified atom stereocenters. The lowest BCUT2D eigenvalue weighted by molar-refractivity contribution is 0.351. The van der Waals surface area contributed by atoms with Gasteiger partial charge in [-0.25, -0.2) is 0 Å². The van der Waals surface area contributed by atoms with Crippen molar-refractivity contribution in [3.63, 3.8) is 0 Å². The van der Waals surface area contributed by atoms with Crippen molar-refractivity contribution >= 4 is 12.4 Å². The molecular formula is C7H11ClN2O. The molecular weight excluding hydrogens is 164 g/mol. The minimum absolute atomic E-state index is 0. The zero-order valence-corrected chi connectivity index (χ0v) is 6.93. The van der Waals surface area contributed by atoms with Gasteiger partial charge in [0.1, 0.15) is 0 Å². The van der Waals surface area contributed by atoms with Crippen molar-refractivity contribution in [3.8, 4) is 0 Å². The molecule has 3 nitrogen and oxygen atoms in total. The molecule has 1 atom stereocenters. The van der Waals surface area contributed by atoms with E-state index in [1.54, 1.807) is 6.20 Å². The molecule has 62 valence electrons. The predicted molar refractivity (Wildman–Crippen MR) is 43.7 cm³/mol. The van der Waals surface area contributed by atoms with Crippen molar-refractivity contribution in [3.05, 3.63) is 18.0 Å². The third-order valence-corrected chi connectivity index (χ3v) is 1.86. The van der Waals surface area contributed by atoms with Gasteiger partial charge in [0.15, 0.2) is 5.76 Å². The number of hydrogen-bond donors (Lipinski definition) is 1. The summed E-state index contributed by atoms with van der Waals surface area (Å²) in [6.07, 6.45) is 4.11. The highest BCUT2D eigenvalue weighted by Crippen LogP contribution is 2.21. The maximum atomic E-state index is 5.00. The molecule has 1 aliphatic heterocycles. The number of halogens is 1. The van der Waals surface area contributed by atoms with Crippen molar-refractivity contribution in [1.29, 1.82) is 0 Å². The number of aromatic nitrogens is 1. The standard InChI is InChI=1S/C7H10N2O.ClH/c1-2-6(8-4-1)7-3-5-9-10-7;/h3,5-6,8H,1-2,4H2;1H/t6-;/m0./s1. The maximum Gasteiger partial charge on any atom is 0.153 e. The summed E-state index contributed by atoms with van der Waals surface area (Å²) in [5, 5.41) is 6.98. The molecule has 0 aliphatic carbocycles. The zero-order valence-electron chi connectivity index (χ0n) is 6.12. The summed E-state index contributed by atoms with van der Waals surface area (Å²) in [5.74, 6) is 0.970. The van der Waals surface area contributed by atoms with Crippen LogP contribution in [0.2, 0.25) is 0 Å². The molecule has 0 amide bonds. The molecule has 1 saturated heterocycles. The molecule has 0 aromatic carbocycles. The van der Waals surface area contributed by atoms with Crippen LogP contribution in [0.3, 0.4) is 0 Å². The number of hydrogen-bond acceptors (Lipinski definition) is 3. The smallest absolute Gasteiger partial charge is 0.153 e. The van der Waals surface area contributed by atoms with E-state index in [1.165, 1.54) is 12.8 Å². The summed E-state index contributed by atoms with van der Waals surface area (Å²) in [4.78, 5) is 0. The van der Waals surface area contributed by atoms with Gasteiger partial charge in [0.05, 0.1) is 12.2 Å². The van der Waals surface area contributed by atoms with Crippen molar-refractivity contribution in [2.75, 3.05) is 6.54 Å². The van der Waals surface area contributed by atoms with Crippen LogP contribution in [0.5, 0.6) is 0 Å². The Bertz CT molecular complexity index is 194. The number of rotatable bonds is 1. The maximum absolute atomic E-state index is 5.00. The molecule has 1 aromatic heterocycles. The topological polar surface area (TPSA) is 38.1 Å². The van der Waals surface area contributed by atoms with Crippen LogP contribution in [0.25, 0.3) is 0 Å². The van der Waals surface area contributed by atoms with Gasteiger partial charge in [-0.2, -0.15) is 0 Å². The fourth-order valence-electron chi connectivity index (χ4n) is 1.33. The first-order chi connectivity index (χ1) is 4.97. The van der Waals surface area contributed by atoms with Gasteiger partial charge in [0.25, 0.3) is 0 Å². The van der Waals surface area contributed by atoms with E-state index in [9.17, 15) is 0 Å². The van der Waals surface area contributed by atoms with Gasteiger partial charge in [0.2, 0.25) is 0 Å². The second kappa shape index (κ2) is 3.74. The lowest BCUT2D eigenvalue weighted by atomic mass is 10.2. The van der Waals surface area contributed by atoms with Gasteiger partial charge in [0, 0.05) is 6.07 Å². The highest BCUT2D eigenvalue weighted by molar-refractivity contribution is 5.85. The molecule has 11 heavy (non-hydrogen) atoms. The van der Waals surface area contributed by atoms with Crippen LogP contribution in [0.4, 0.5) is 0 Å². The summed E-state index contributed by atoms with van der Waals surface area (Å²) in [6.45, 7) is 1.10. The second-order valence-electron chi connectivity index (χ2n) is 2.56. The first-order valence-corrected chi connectivity index (χ1v) is 3.61. The molecule has 4 heteroatoms. The summed E-state index contributed by atoms with van der Waals surface area (Å²) >= 11 is 0. The molecule has 1 N–H and O–H groups in total. The molecule has 0 bridgehead atoms. The van der Waals surface area contributed by atoms with Crippen LogP contribution < -0.4 is 5.32 Å². The monoisotopic (exact) mass is 174 g/mol. The normalized spacial score (nSPS) is 23.1. The van der Waals surface area contributed by atoms with Crippen molar-refractivity contribution in [1.82, 2.24) is 10.5 Å². The van der Waals surface area contributed by atoms with E-state index in [4.69, 9.17) is 4.52 Å². The molecule has 2 heterocycles. The van der Waals surface area contributed by atoms with E-state index in [2.05, 4.69) is 10.5 Å². The quantitative estimate of drug-likeness (QED) is 0.702. The highest BCUT2D eigenvalue weighted by Gasteiger charge is 2.18. The SMILES string of the molecule is Cl.c1cc([C@@H]2CCCN2)on1. The van der Waals surface area contributed by atoms with Crippen LogP contribution in [-0.4, -0.2) is 11.7 Å². The van der Waals surface area contributed by atoms with Gasteiger partial charge < -0.3 is 9.84 Å². The first kappa shape index (κ1) is 8.56. The van der Waals surface area contributed by atoms with Gasteiger partial charge >= 0.3 is 0 Å². The van der Waals surface area contributed by atoms with E-state index in [0.29, 0.717) is 6.04 Å². The molecule has 1 aromatic rings. The average molecular weight is 175 g/mol. The Balaban J connectivity index is 0.000000605. The van der Waals surface area contributed by atoms with Crippen molar-refractivity contribution < 1.29 is 4.52 Å². The Hall–Kier alpha value is -0.540. The van der Waals surface area contributed by atoms with Crippen LogP contribution >= 0.6 is 12.4 Å². The van der Waals surface area contributed by atoms with E-state index in [-0.39, 0.29) is 12.4 Å². The van der Waals surface area contributed by atoms with Crippen molar-refractivity contribution in [2.24, 2.45) is 0 Å². The van der Waals surface area contributed by atoms with Crippen LogP contribution in [0.1, 0.15) is 24.6 Å². The van der Waals surface area contributed by atoms with E-state index in [1.807, 2.05) is 6.07 Å². The Morgan fingerprint density at radius 3 is 3.09 bits per heavy atom. The summed E-state index contributed by atoms with van der Waals surface area (Å²) < 4.78 is 5.00. The van der Waals surface area contributed by atoms with E-state index < -0.39 is 0 Å². The molecule has 0 radical (unpaired) electrons. The lowest BCUT2D eigenvalue weighted by Gasteiger charge is -2.02. The Kier molecular flexibility index (Phi) is 2.91. The highest BCUT2D eigenvalue weighted by atomic mass is 35.5. The second-order valence-corrected chi connectivity index (χ2v) is 2.56. The molecule has 1 fully saturated rings. The largest absolute Gasteiger partial charge is 0.360 e. The minimum Gasteiger partial charge on any atom is -0.360 e. The van der Waals surface area contributed by atoms with Gasteiger partial charge in [-0.1, -0.05) is 5.16 Å². The summed E-state index contributed by atoms with van der Waals surface area (Å²) in [7, 11) is 0. The summed E-state index contributed by atoms with van der Waals surface area (Å²) in [6, 6.07) is 2.34. The third kappa shape index (κ3) is 1.73. The Labute approximate surface area is 71.6 Å². The zero-order chi connectivity index (χ0) is 6.81. The van der Waals surface area contributed by atoms with Crippen molar-refractivity contribution in [2.45, 2.75) is 18.9 Å². The predicted octanol–water partition coefficient (Wildman–Crippen LogP) is 1.52. The van der Waals surface area contributed by atoms with E-state index in [0.717, 1.165) is 12.3 Å². The Morgan fingerprint density at radius 2 is 2.55 bits per heavy atom. The van der Waals surface area contributed by atoms with Crippen LogP contribution in [0.15, 0.2) is 16.8 Å². The molecule has 0 spiro atoms. The molecule has 2 rings (SSSR count). The van der Waals surface area contributed by atoms with Gasteiger partial charge in [-0.15, -0.1) is 12.4 Å². The van der Waals surface area contributed by atoms with E-state index >= 15 is 0 Å². The Morgan fingerprint density at radius 1 is 1.64 bits per heavy atom. The number of nitrogens with zero attached hydrogens (tertiary/aromatic N) is 1. The fraction of sp³-hybridized carbons (Fsp3) is 0.571. The molecule has 1 aliphatic rings. The summed E-state index contributed by atoms with van der Waals surface area (Å²) in [5.41, 5.74) is 0. The van der Waals surface area contributed by atoms with Crippen LogP contribution in [0, 0.1) is 0 Å². The van der Waals surface area contributed by atoms with Crippen LogP contribution in [-0.2, 0) is 0 Å². The molecule has 0 saturated carbocycles. The fourth-order valence-corrected chi connectivity index (χ4v) is 1.33. The first-order valence-electron chi connectivity index (χ1n) is 3.61. The lowest BCUT2D eigenvalue weighted by Crippen LogP contribution is -2.11. The van der Waals surface area contributed by atoms with Gasteiger partial charge in [-0.3, -0.25) is 0 Å². The average Bonchev–Trinajstić information content (AvgIpc) is 2.59. The van der Waals surface area contributed by atoms with Gasteiger partial charge in [-0.05, 0) is 19.4 Å². The number of nitrogens with one attached hydrogen (secondary N) is 1. The minimum atomic E-state index is 0. The third-order valence-electron chi connectivity index (χ3n) is 1.86.